The molecule has 2 heterocycles. The number of hydrogen-bond acceptors (Lipinski definition) is 3. The second kappa shape index (κ2) is 6.72. The van der Waals surface area contributed by atoms with Crippen LogP contribution >= 0.6 is 0 Å². The number of aryl methyl sites for hydroxylation is 2. The van der Waals surface area contributed by atoms with E-state index < -0.39 is 5.92 Å². The second-order valence-electron chi connectivity index (χ2n) is 6.77. The Balaban J connectivity index is 1.60. The van der Waals surface area contributed by atoms with Crippen molar-refractivity contribution in [1.82, 2.24) is 9.78 Å². The molecule has 0 radical (unpaired) electrons. The first kappa shape index (κ1) is 17.0. The van der Waals surface area contributed by atoms with Gasteiger partial charge < -0.3 is 10.6 Å². The molecule has 0 spiro atoms. The molecule has 0 fully saturated rings. The molecule has 1 aliphatic rings. The highest BCUT2D eigenvalue weighted by molar-refractivity contribution is 6.05. The lowest BCUT2D eigenvalue weighted by atomic mass is 9.90. The zero-order valence-electron chi connectivity index (χ0n) is 15.2. The fraction of sp³-hybridized carbons (Fsp3) is 0.190. The van der Waals surface area contributed by atoms with Crippen LogP contribution in [0.5, 0.6) is 0 Å². The van der Waals surface area contributed by atoms with Gasteiger partial charge in [0, 0.05) is 23.5 Å². The van der Waals surface area contributed by atoms with E-state index in [1.165, 1.54) is 0 Å². The number of benzene rings is 2. The van der Waals surface area contributed by atoms with Gasteiger partial charge in [-0.2, -0.15) is 5.10 Å². The third-order valence-corrected chi connectivity index (χ3v) is 4.68. The van der Waals surface area contributed by atoms with Crippen LogP contribution in [0.4, 0.5) is 11.4 Å². The van der Waals surface area contributed by atoms with E-state index in [-0.39, 0.29) is 18.2 Å². The Kier molecular flexibility index (Phi) is 4.24. The van der Waals surface area contributed by atoms with Crippen molar-refractivity contribution in [3.63, 3.8) is 0 Å². The Bertz CT molecular complexity index is 1040. The summed E-state index contributed by atoms with van der Waals surface area (Å²) < 4.78 is 1.84. The van der Waals surface area contributed by atoms with Crippen molar-refractivity contribution < 1.29 is 9.59 Å². The van der Waals surface area contributed by atoms with Crippen molar-refractivity contribution in [2.75, 3.05) is 10.6 Å². The highest BCUT2D eigenvalue weighted by atomic mass is 16.2. The number of fused-ring (bicyclic) bond motifs is 1. The van der Waals surface area contributed by atoms with E-state index in [1.54, 1.807) is 0 Å². The lowest BCUT2D eigenvalue weighted by molar-refractivity contribution is -0.123. The summed E-state index contributed by atoms with van der Waals surface area (Å²) in [4.78, 5) is 24.9. The number of rotatable bonds is 3. The number of para-hydroxylation sites is 1. The Morgan fingerprint density at radius 3 is 2.74 bits per heavy atom. The summed E-state index contributed by atoms with van der Waals surface area (Å²) in [5.41, 5.74) is 5.05. The Morgan fingerprint density at radius 1 is 1.15 bits per heavy atom. The zero-order chi connectivity index (χ0) is 19.0. The van der Waals surface area contributed by atoms with Crippen molar-refractivity contribution in [1.29, 1.82) is 0 Å². The van der Waals surface area contributed by atoms with Crippen molar-refractivity contribution in [3.8, 4) is 5.69 Å². The molecule has 27 heavy (non-hydrogen) atoms. The number of carbonyl (C=O) groups is 2. The van der Waals surface area contributed by atoms with Gasteiger partial charge in [-0.25, -0.2) is 4.68 Å². The maximum Gasteiger partial charge on any atom is 0.232 e. The van der Waals surface area contributed by atoms with Gasteiger partial charge >= 0.3 is 0 Å². The molecular formula is C21H20N4O2. The number of nitrogens with zero attached hydrogens (tertiary/aromatic N) is 2. The van der Waals surface area contributed by atoms with Gasteiger partial charge in [-0.3, -0.25) is 9.59 Å². The number of anilines is 2. The molecule has 0 saturated carbocycles. The van der Waals surface area contributed by atoms with Gasteiger partial charge in [0.15, 0.2) is 0 Å². The average Bonchev–Trinajstić information content (AvgIpc) is 2.99. The minimum Gasteiger partial charge on any atom is -0.326 e. The molecule has 1 aromatic heterocycles. The topological polar surface area (TPSA) is 76.0 Å². The Hall–Kier alpha value is -3.41. The van der Waals surface area contributed by atoms with E-state index in [2.05, 4.69) is 15.7 Å². The van der Waals surface area contributed by atoms with Crippen LogP contribution in [0.3, 0.4) is 0 Å². The summed E-state index contributed by atoms with van der Waals surface area (Å²) in [6.45, 7) is 3.93. The molecule has 6 heteroatoms. The molecule has 4 rings (SSSR count). The molecule has 6 nitrogen and oxygen atoms in total. The first-order valence-electron chi connectivity index (χ1n) is 8.84. The number of hydrogen-bond donors (Lipinski definition) is 2. The number of amides is 2. The van der Waals surface area contributed by atoms with E-state index >= 15 is 0 Å². The van der Waals surface area contributed by atoms with Gasteiger partial charge in [-0.05, 0) is 49.7 Å². The third kappa shape index (κ3) is 3.33. The molecule has 0 saturated heterocycles. The summed E-state index contributed by atoms with van der Waals surface area (Å²) in [6, 6.07) is 17.0. The summed E-state index contributed by atoms with van der Waals surface area (Å²) >= 11 is 0. The van der Waals surface area contributed by atoms with E-state index in [9.17, 15) is 9.59 Å². The summed E-state index contributed by atoms with van der Waals surface area (Å²) in [5.74, 6) is -0.847. The van der Waals surface area contributed by atoms with Gasteiger partial charge in [0.1, 0.15) is 0 Å². The van der Waals surface area contributed by atoms with Crippen LogP contribution < -0.4 is 10.6 Å². The Labute approximate surface area is 157 Å². The van der Waals surface area contributed by atoms with Gasteiger partial charge in [-0.15, -0.1) is 0 Å². The predicted octanol–water partition coefficient (Wildman–Crippen LogP) is 3.55. The Morgan fingerprint density at radius 2 is 1.96 bits per heavy atom. The van der Waals surface area contributed by atoms with E-state index in [1.807, 2.05) is 73.1 Å². The first-order valence-corrected chi connectivity index (χ1v) is 8.84. The maximum atomic E-state index is 12.9. The molecule has 136 valence electrons. The van der Waals surface area contributed by atoms with Crippen LogP contribution in [0.25, 0.3) is 5.69 Å². The summed E-state index contributed by atoms with van der Waals surface area (Å²) in [5, 5.41) is 10.2. The summed E-state index contributed by atoms with van der Waals surface area (Å²) in [7, 11) is 0. The third-order valence-electron chi connectivity index (χ3n) is 4.68. The van der Waals surface area contributed by atoms with Crippen molar-refractivity contribution in [2.24, 2.45) is 0 Å². The van der Waals surface area contributed by atoms with Crippen molar-refractivity contribution >= 4 is 23.2 Å². The first-order chi connectivity index (χ1) is 13.0. The van der Waals surface area contributed by atoms with Crippen molar-refractivity contribution in [2.45, 2.75) is 26.2 Å². The van der Waals surface area contributed by atoms with Crippen LogP contribution in [0.2, 0.25) is 0 Å². The number of nitrogens with one attached hydrogen (secondary N) is 2. The molecule has 1 atom stereocenters. The lowest BCUT2D eigenvalue weighted by Crippen LogP contribution is -2.30. The standard InChI is InChI=1S/C21H20N4O2/c1-13-10-14(2)25(24-13)16-7-5-6-15(11-16)22-21(27)18-12-20(26)23-19-9-4-3-8-17(18)19/h3-11,18H,12H2,1-2H3,(H,22,27)(H,23,26). The zero-order valence-corrected chi connectivity index (χ0v) is 15.2. The molecule has 2 amide bonds. The van der Waals surface area contributed by atoms with E-state index in [4.69, 9.17) is 0 Å². The monoisotopic (exact) mass is 360 g/mol. The molecule has 2 N–H and O–H groups in total. The summed E-state index contributed by atoms with van der Waals surface area (Å²) in [6.07, 6.45) is 0.139. The molecular weight excluding hydrogens is 340 g/mol. The second-order valence-corrected chi connectivity index (χ2v) is 6.77. The number of aromatic nitrogens is 2. The predicted molar refractivity (Wildman–Crippen MR) is 104 cm³/mol. The van der Waals surface area contributed by atoms with Crippen molar-refractivity contribution in [3.05, 3.63) is 71.5 Å². The van der Waals surface area contributed by atoms with Gasteiger partial charge in [-0.1, -0.05) is 24.3 Å². The fourth-order valence-corrected chi connectivity index (χ4v) is 3.48. The highest BCUT2D eigenvalue weighted by Gasteiger charge is 2.30. The normalized spacial score (nSPS) is 15.8. The van der Waals surface area contributed by atoms with E-state index in [0.717, 1.165) is 22.6 Å². The van der Waals surface area contributed by atoms with E-state index in [0.29, 0.717) is 11.4 Å². The molecule has 1 unspecified atom stereocenters. The quantitative estimate of drug-likeness (QED) is 0.750. The van der Waals surface area contributed by atoms with Crippen LogP contribution in [0.1, 0.15) is 29.3 Å². The lowest BCUT2D eigenvalue weighted by Gasteiger charge is -2.24. The molecule has 2 aromatic carbocycles. The molecule has 3 aromatic rings. The number of carbonyl (C=O) groups excluding carboxylic acids is 2. The molecule has 0 aliphatic carbocycles. The minimum absolute atomic E-state index is 0.139. The largest absolute Gasteiger partial charge is 0.326 e. The minimum atomic E-state index is -0.507. The van der Waals surface area contributed by atoms with Gasteiger partial charge in [0.25, 0.3) is 0 Å². The van der Waals surface area contributed by atoms with Crippen LogP contribution in [-0.2, 0) is 9.59 Å². The maximum absolute atomic E-state index is 12.9. The fourth-order valence-electron chi connectivity index (χ4n) is 3.48. The van der Waals surface area contributed by atoms with Gasteiger partial charge in [0.2, 0.25) is 11.8 Å². The highest BCUT2D eigenvalue weighted by Crippen LogP contribution is 2.33. The van der Waals surface area contributed by atoms with Crippen LogP contribution in [-0.4, -0.2) is 21.6 Å². The van der Waals surface area contributed by atoms with Gasteiger partial charge in [0.05, 0.1) is 17.3 Å². The smallest absolute Gasteiger partial charge is 0.232 e. The van der Waals surface area contributed by atoms with Crippen LogP contribution in [0.15, 0.2) is 54.6 Å². The molecule has 1 aliphatic heterocycles. The van der Waals surface area contributed by atoms with Crippen LogP contribution in [0, 0.1) is 13.8 Å². The SMILES string of the molecule is Cc1cc(C)n(-c2cccc(NC(=O)C3CC(=O)Nc4ccccc43)c2)n1. The average molecular weight is 360 g/mol. The molecule has 0 bridgehead atoms.